The first kappa shape index (κ1) is 16.9. The Morgan fingerprint density at radius 1 is 1.09 bits per heavy atom. The fourth-order valence-corrected chi connectivity index (χ4v) is 6.23. The second-order valence-corrected chi connectivity index (χ2v) is 9.21. The standard InChI is InChI=1S/C16H24N2O3S2/c19-16(17-13-7-3-1-2-4-8-13)15-14(9-12-22-15)23(20,21)18-10-5-6-11-18/h9,12-13H,1-8,10-11H2,(H,17,19). The van der Waals surface area contributed by atoms with E-state index >= 15 is 0 Å². The predicted molar refractivity (Wildman–Crippen MR) is 91.3 cm³/mol. The van der Waals surface area contributed by atoms with E-state index in [2.05, 4.69) is 5.32 Å². The summed E-state index contributed by atoms with van der Waals surface area (Å²) in [5.41, 5.74) is 0. The number of carbonyl (C=O) groups excluding carboxylic acids is 1. The van der Waals surface area contributed by atoms with Crippen molar-refractivity contribution in [3.63, 3.8) is 0 Å². The van der Waals surface area contributed by atoms with E-state index in [0.29, 0.717) is 18.0 Å². The molecule has 1 saturated carbocycles. The first-order valence-electron chi connectivity index (χ1n) is 8.47. The molecule has 1 aliphatic heterocycles. The zero-order valence-electron chi connectivity index (χ0n) is 13.3. The molecule has 0 atom stereocenters. The SMILES string of the molecule is O=C(NC1CCCCCC1)c1sccc1S(=O)(=O)N1CCCC1. The third-order valence-corrected chi connectivity index (χ3v) is 7.69. The summed E-state index contributed by atoms with van der Waals surface area (Å²) in [5.74, 6) is -0.232. The Balaban J connectivity index is 1.75. The van der Waals surface area contributed by atoms with Gasteiger partial charge in [0.2, 0.25) is 10.0 Å². The minimum atomic E-state index is -3.54. The van der Waals surface area contributed by atoms with Crippen molar-refractivity contribution >= 4 is 27.3 Å². The van der Waals surface area contributed by atoms with Crippen LogP contribution in [0.25, 0.3) is 0 Å². The lowest BCUT2D eigenvalue weighted by Gasteiger charge is -2.18. The molecule has 1 aliphatic carbocycles. The summed E-state index contributed by atoms with van der Waals surface area (Å²) in [6.45, 7) is 1.11. The van der Waals surface area contributed by atoms with Gasteiger partial charge >= 0.3 is 0 Å². The molecule has 1 aromatic heterocycles. The van der Waals surface area contributed by atoms with Crippen molar-refractivity contribution in [2.75, 3.05) is 13.1 Å². The Morgan fingerprint density at radius 3 is 2.39 bits per heavy atom. The zero-order valence-corrected chi connectivity index (χ0v) is 14.9. The van der Waals surface area contributed by atoms with E-state index in [0.717, 1.165) is 38.5 Å². The van der Waals surface area contributed by atoms with Crippen LogP contribution in [0.5, 0.6) is 0 Å². The molecule has 7 heteroatoms. The van der Waals surface area contributed by atoms with Crippen LogP contribution in [0.3, 0.4) is 0 Å². The fraction of sp³-hybridized carbons (Fsp3) is 0.688. The zero-order chi connectivity index (χ0) is 16.3. The van der Waals surface area contributed by atoms with Gasteiger partial charge in [0, 0.05) is 19.1 Å². The Kier molecular flexibility index (Phi) is 5.38. The van der Waals surface area contributed by atoms with E-state index in [1.165, 1.54) is 28.5 Å². The highest BCUT2D eigenvalue weighted by molar-refractivity contribution is 7.89. The lowest BCUT2D eigenvalue weighted by Crippen LogP contribution is -2.35. The molecular formula is C16H24N2O3S2. The van der Waals surface area contributed by atoms with Crippen molar-refractivity contribution in [2.45, 2.75) is 62.3 Å². The Hall–Kier alpha value is -0.920. The van der Waals surface area contributed by atoms with Crippen LogP contribution in [0.2, 0.25) is 0 Å². The van der Waals surface area contributed by atoms with Gasteiger partial charge in [-0.25, -0.2) is 8.42 Å². The van der Waals surface area contributed by atoms with Gasteiger partial charge in [-0.2, -0.15) is 4.31 Å². The highest BCUT2D eigenvalue weighted by atomic mass is 32.2. The van der Waals surface area contributed by atoms with Crippen LogP contribution >= 0.6 is 11.3 Å². The number of hydrogen-bond donors (Lipinski definition) is 1. The molecular weight excluding hydrogens is 332 g/mol. The Morgan fingerprint density at radius 2 is 1.74 bits per heavy atom. The molecule has 23 heavy (non-hydrogen) atoms. The van der Waals surface area contributed by atoms with Crippen molar-refractivity contribution in [2.24, 2.45) is 0 Å². The molecule has 0 spiro atoms. The molecule has 0 aromatic carbocycles. The maximum Gasteiger partial charge on any atom is 0.262 e. The smallest absolute Gasteiger partial charge is 0.262 e. The van der Waals surface area contributed by atoms with Crippen LogP contribution in [0.15, 0.2) is 16.3 Å². The van der Waals surface area contributed by atoms with Gasteiger partial charge in [0.1, 0.15) is 9.77 Å². The molecule has 128 valence electrons. The Labute approximate surface area is 142 Å². The Bertz CT molecular complexity index is 640. The molecule has 2 fully saturated rings. The average Bonchev–Trinajstić information content (AvgIpc) is 3.17. The van der Waals surface area contributed by atoms with E-state index in [-0.39, 0.29) is 16.8 Å². The van der Waals surface area contributed by atoms with Gasteiger partial charge in [0.05, 0.1) is 0 Å². The third-order valence-electron chi connectivity index (χ3n) is 4.71. The monoisotopic (exact) mass is 356 g/mol. The molecule has 0 radical (unpaired) electrons. The number of nitrogens with one attached hydrogen (secondary N) is 1. The summed E-state index contributed by atoms with van der Waals surface area (Å²) in [4.78, 5) is 13.1. The van der Waals surface area contributed by atoms with Gasteiger partial charge in [-0.15, -0.1) is 11.3 Å². The molecule has 2 heterocycles. The molecule has 0 unspecified atom stereocenters. The molecule has 5 nitrogen and oxygen atoms in total. The lowest BCUT2D eigenvalue weighted by molar-refractivity contribution is 0.0934. The van der Waals surface area contributed by atoms with Crippen molar-refractivity contribution in [3.05, 3.63) is 16.3 Å². The lowest BCUT2D eigenvalue weighted by atomic mass is 10.1. The van der Waals surface area contributed by atoms with Crippen LogP contribution in [0.1, 0.15) is 61.0 Å². The summed E-state index contributed by atoms with van der Waals surface area (Å²) < 4.78 is 26.9. The molecule has 1 aromatic rings. The fourth-order valence-electron chi connectivity index (χ4n) is 3.41. The normalized spacial score (nSPS) is 21.2. The van der Waals surface area contributed by atoms with E-state index in [1.54, 1.807) is 11.4 Å². The van der Waals surface area contributed by atoms with Gasteiger partial charge in [-0.1, -0.05) is 25.7 Å². The third kappa shape index (κ3) is 3.78. The minimum absolute atomic E-state index is 0.175. The van der Waals surface area contributed by atoms with Crippen LogP contribution in [0, 0.1) is 0 Å². The second-order valence-electron chi connectivity index (χ2n) is 6.39. The first-order chi connectivity index (χ1) is 11.1. The number of carbonyl (C=O) groups is 1. The predicted octanol–water partition coefficient (Wildman–Crippen LogP) is 2.99. The van der Waals surface area contributed by atoms with Crippen molar-refractivity contribution in [1.82, 2.24) is 9.62 Å². The number of nitrogens with zero attached hydrogens (tertiary/aromatic N) is 1. The summed E-state index contributed by atoms with van der Waals surface area (Å²) in [6.07, 6.45) is 8.49. The van der Waals surface area contributed by atoms with E-state index in [9.17, 15) is 13.2 Å². The van der Waals surface area contributed by atoms with Gasteiger partial charge in [-0.05, 0) is 37.1 Å². The highest BCUT2D eigenvalue weighted by Gasteiger charge is 2.32. The van der Waals surface area contributed by atoms with Crippen molar-refractivity contribution in [3.8, 4) is 0 Å². The number of hydrogen-bond acceptors (Lipinski definition) is 4. The van der Waals surface area contributed by atoms with Crippen molar-refractivity contribution < 1.29 is 13.2 Å². The summed E-state index contributed by atoms with van der Waals surface area (Å²) in [5, 5.41) is 4.75. The van der Waals surface area contributed by atoms with E-state index < -0.39 is 10.0 Å². The maximum absolute atomic E-state index is 12.7. The number of thiophene rings is 1. The molecule has 3 rings (SSSR count). The van der Waals surface area contributed by atoms with E-state index in [1.807, 2.05) is 0 Å². The van der Waals surface area contributed by atoms with Gasteiger partial charge in [-0.3, -0.25) is 4.79 Å². The number of sulfonamides is 1. The topological polar surface area (TPSA) is 66.5 Å². The summed E-state index contributed by atoms with van der Waals surface area (Å²) in [6, 6.07) is 1.75. The van der Waals surface area contributed by atoms with Crippen LogP contribution in [0.4, 0.5) is 0 Å². The molecule has 2 aliphatic rings. The maximum atomic E-state index is 12.7. The highest BCUT2D eigenvalue weighted by Crippen LogP contribution is 2.28. The van der Waals surface area contributed by atoms with Crippen LogP contribution in [-0.4, -0.2) is 37.8 Å². The largest absolute Gasteiger partial charge is 0.349 e. The second kappa shape index (κ2) is 7.32. The molecule has 1 N–H and O–H groups in total. The van der Waals surface area contributed by atoms with Gasteiger partial charge < -0.3 is 5.32 Å². The summed E-state index contributed by atoms with van der Waals surface area (Å²) in [7, 11) is -3.54. The first-order valence-corrected chi connectivity index (χ1v) is 10.8. The van der Waals surface area contributed by atoms with Crippen molar-refractivity contribution in [1.29, 1.82) is 0 Å². The quantitative estimate of drug-likeness (QED) is 0.844. The number of amides is 1. The van der Waals surface area contributed by atoms with E-state index in [4.69, 9.17) is 0 Å². The minimum Gasteiger partial charge on any atom is -0.349 e. The van der Waals surface area contributed by atoms with Crippen LogP contribution < -0.4 is 5.32 Å². The molecule has 1 amide bonds. The molecule has 1 saturated heterocycles. The number of rotatable bonds is 4. The van der Waals surface area contributed by atoms with Gasteiger partial charge in [0.15, 0.2) is 0 Å². The van der Waals surface area contributed by atoms with Gasteiger partial charge in [0.25, 0.3) is 5.91 Å². The van der Waals surface area contributed by atoms with Crippen LogP contribution in [-0.2, 0) is 10.0 Å². The summed E-state index contributed by atoms with van der Waals surface area (Å²) >= 11 is 1.22. The average molecular weight is 357 g/mol. The molecule has 0 bridgehead atoms.